The molecular formula is C23H35ClIN5O. The number of aliphatic imine (C=N–C) groups is 1. The molecule has 1 aliphatic carbocycles. The molecule has 0 spiro atoms. The summed E-state index contributed by atoms with van der Waals surface area (Å²) in [5, 5.41) is 4.41. The van der Waals surface area contributed by atoms with Crippen molar-refractivity contribution in [3.05, 3.63) is 34.9 Å². The normalized spacial score (nSPS) is 22.1. The maximum Gasteiger partial charge on any atom is 0.239 e. The van der Waals surface area contributed by atoms with Crippen molar-refractivity contribution in [3.8, 4) is 0 Å². The molecule has 1 atom stereocenters. The topological polar surface area (TPSA) is 51.2 Å². The van der Waals surface area contributed by atoms with Crippen molar-refractivity contribution in [3.63, 3.8) is 0 Å². The monoisotopic (exact) mass is 559 g/mol. The average molecular weight is 560 g/mol. The zero-order valence-corrected chi connectivity index (χ0v) is 21.7. The predicted molar refractivity (Wildman–Crippen MR) is 138 cm³/mol. The first-order valence-corrected chi connectivity index (χ1v) is 11.6. The van der Waals surface area contributed by atoms with E-state index in [0.29, 0.717) is 5.91 Å². The van der Waals surface area contributed by atoms with Crippen molar-refractivity contribution in [1.29, 1.82) is 0 Å². The predicted octanol–water partition coefficient (Wildman–Crippen LogP) is 3.19. The summed E-state index contributed by atoms with van der Waals surface area (Å²) in [5.41, 5.74) is 1.50. The number of amides is 1. The molecule has 2 saturated heterocycles. The molecule has 0 bridgehead atoms. The fourth-order valence-electron chi connectivity index (χ4n) is 4.80. The Bertz CT molecular complexity index is 786. The molecule has 1 amide bonds. The van der Waals surface area contributed by atoms with Crippen molar-refractivity contribution in [2.24, 2.45) is 4.99 Å². The van der Waals surface area contributed by atoms with E-state index in [1.807, 2.05) is 24.1 Å². The van der Waals surface area contributed by atoms with Gasteiger partial charge in [0.15, 0.2) is 5.96 Å². The van der Waals surface area contributed by atoms with Gasteiger partial charge in [-0.25, -0.2) is 0 Å². The molecule has 0 radical (unpaired) electrons. The van der Waals surface area contributed by atoms with Gasteiger partial charge in [-0.1, -0.05) is 23.7 Å². The molecule has 1 saturated carbocycles. The molecule has 1 N–H and O–H groups in total. The zero-order chi connectivity index (χ0) is 21.1. The van der Waals surface area contributed by atoms with Crippen LogP contribution in [-0.4, -0.2) is 85.5 Å². The van der Waals surface area contributed by atoms with Crippen LogP contribution >= 0.6 is 35.6 Å². The molecule has 2 heterocycles. The van der Waals surface area contributed by atoms with Gasteiger partial charge in [0.1, 0.15) is 0 Å². The Hall–Kier alpha value is -1.06. The Balaban J connectivity index is 0.00000272. The van der Waals surface area contributed by atoms with Crippen LogP contribution in [0.15, 0.2) is 29.3 Å². The van der Waals surface area contributed by atoms with Crippen molar-refractivity contribution in [2.75, 3.05) is 52.9 Å². The lowest BCUT2D eigenvalue weighted by Gasteiger charge is -2.39. The van der Waals surface area contributed by atoms with Gasteiger partial charge in [0.25, 0.3) is 0 Å². The highest BCUT2D eigenvalue weighted by Crippen LogP contribution is 2.48. The van der Waals surface area contributed by atoms with E-state index >= 15 is 0 Å². The summed E-state index contributed by atoms with van der Waals surface area (Å²) in [6, 6.07) is 8.22. The lowest BCUT2D eigenvalue weighted by atomic mass is 9.96. The highest BCUT2D eigenvalue weighted by atomic mass is 127. The highest BCUT2D eigenvalue weighted by Gasteiger charge is 2.44. The van der Waals surface area contributed by atoms with E-state index in [2.05, 4.69) is 39.2 Å². The van der Waals surface area contributed by atoms with Crippen LogP contribution in [0.5, 0.6) is 0 Å². The van der Waals surface area contributed by atoms with Crippen LogP contribution in [0, 0.1) is 0 Å². The molecule has 4 rings (SSSR count). The standard InChI is InChI=1S/C23H34ClN5O.HI/c1-18(21(30)28-10-3-4-11-28)27-12-14-29(15-13-27)22(25-2)26-17-23(8-9-23)19-6-5-7-20(24)16-19;/h5-7,16,18H,3-4,8-15,17H2,1-2H3,(H,25,26);1H. The molecule has 2 aliphatic heterocycles. The van der Waals surface area contributed by atoms with Gasteiger partial charge in [-0.05, 0) is 50.3 Å². The molecule has 1 unspecified atom stereocenters. The molecule has 6 nitrogen and oxygen atoms in total. The van der Waals surface area contributed by atoms with Crippen LogP contribution in [0.4, 0.5) is 0 Å². The van der Waals surface area contributed by atoms with Gasteiger partial charge >= 0.3 is 0 Å². The Kier molecular flexibility index (Phi) is 8.49. The minimum Gasteiger partial charge on any atom is -0.355 e. The Morgan fingerprint density at radius 3 is 2.39 bits per heavy atom. The van der Waals surface area contributed by atoms with E-state index in [4.69, 9.17) is 11.6 Å². The van der Waals surface area contributed by atoms with Crippen LogP contribution < -0.4 is 5.32 Å². The van der Waals surface area contributed by atoms with Crippen LogP contribution in [0.1, 0.15) is 38.2 Å². The second-order valence-electron chi connectivity index (χ2n) is 8.92. The minimum absolute atomic E-state index is 0. The lowest BCUT2D eigenvalue weighted by molar-refractivity contribution is -0.135. The van der Waals surface area contributed by atoms with Gasteiger partial charge in [-0.15, -0.1) is 24.0 Å². The summed E-state index contributed by atoms with van der Waals surface area (Å²) in [7, 11) is 1.85. The third-order valence-electron chi connectivity index (χ3n) is 7.02. The quantitative estimate of drug-likeness (QED) is 0.342. The smallest absolute Gasteiger partial charge is 0.239 e. The second-order valence-corrected chi connectivity index (χ2v) is 9.36. The van der Waals surface area contributed by atoms with E-state index < -0.39 is 0 Å². The van der Waals surface area contributed by atoms with Crippen LogP contribution in [-0.2, 0) is 10.2 Å². The molecule has 0 aromatic heterocycles. The molecule has 1 aromatic rings. The van der Waals surface area contributed by atoms with Gasteiger partial charge in [-0.2, -0.15) is 0 Å². The number of nitrogens with one attached hydrogen (secondary N) is 1. The highest BCUT2D eigenvalue weighted by molar-refractivity contribution is 14.0. The summed E-state index contributed by atoms with van der Waals surface area (Å²) >= 11 is 6.21. The number of piperazine rings is 1. The van der Waals surface area contributed by atoms with Gasteiger partial charge < -0.3 is 15.1 Å². The summed E-state index contributed by atoms with van der Waals surface area (Å²) < 4.78 is 0. The van der Waals surface area contributed by atoms with Gasteiger partial charge in [-0.3, -0.25) is 14.7 Å². The largest absolute Gasteiger partial charge is 0.355 e. The van der Waals surface area contributed by atoms with Crippen molar-refractivity contribution in [2.45, 2.75) is 44.1 Å². The van der Waals surface area contributed by atoms with Crippen LogP contribution in [0.2, 0.25) is 5.02 Å². The van der Waals surface area contributed by atoms with Gasteiger partial charge in [0.05, 0.1) is 6.04 Å². The maximum atomic E-state index is 12.7. The number of benzene rings is 1. The Labute approximate surface area is 208 Å². The maximum absolute atomic E-state index is 12.7. The second kappa shape index (κ2) is 10.7. The summed E-state index contributed by atoms with van der Waals surface area (Å²) in [6.45, 7) is 8.35. The zero-order valence-electron chi connectivity index (χ0n) is 18.6. The molecule has 3 fully saturated rings. The minimum atomic E-state index is -0.0298. The summed E-state index contributed by atoms with van der Waals surface area (Å²) in [4.78, 5) is 23.9. The van der Waals surface area contributed by atoms with E-state index in [1.165, 1.54) is 18.4 Å². The molecule has 3 aliphatic rings. The molecule has 172 valence electrons. The fraction of sp³-hybridized carbons (Fsp3) is 0.652. The van der Waals surface area contributed by atoms with Crippen LogP contribution in [0.3, 0.4) is 0 Å². The number of rotatable bonds is 5. The average Bonchev–Trinajstić information content (AvgIpc) is 3.36. The van der Waals surface area contributed by atoms with E-state index in [0.717, 1.165) is 69.6 Å². The van der Waals surface area contributed by atoms with Crippen LogP contribution in [0.25, 0.3) is 0 Å². The van der Waals surface area contributed by atoms with Crippen molar-refractivity contribution >= 4 is 47.4 Å². The number of guanidine groups is 1. The summed E-state index contributed by atoms with van der Waals surface area (Å²) in [5.74, 6) is 1.25. The SMILES string of the molecule is CN=C(NCC1(c2cccc(Cl)c2)CC1)N1CCN(C(C)C(=O)N2CCCC2)CC1.I. The van der Waals surface area contributed by atoms with E-state index in [9.17, 15) is 4.79 Å². The molecule has 8 heteroatoms. The van der Waals surface area contributed by atoms with Gasteiger partial charge in [0.2, 0.25) is 5.91 Å². The lowest BCUT2D eigenvalue weighted by Crippen LogP contribution is -2.57. The summed E-state index contributed by atoms with van der Waals surface area (Å²) in [6.07, 6.45) is 4.65. The first-order valence-electron chi connectivity index (χ1n) is 11.3. The number of hydrogen-bond acceptors (Lipinski definition) is 3. The van der Waals surface area contributed by atoms with Crippen molar-refractivity contribution in [1.82, 2.24) is 20.0 Å². The van der Waals surface area contributed by atoms with E-state index in [-0.39, 0.29) is 35.4 Å². The molecule has 31 heavy (non-hydrogen) atoms. The Morgan fingerprint density at radius 1 is 1.13 bits per heavy atom. The molecular weight excluding hydrogens is 525 g/mol. The fourth-order valence-corrected chi connectivity index (χ4v) is 4.99. The number of halogens is 2. The number of likely N-dealkylation sites (tertiary alicyclic amines) is 1. The number of nitrogens with zero attached hydrogens (tertiary/aromatic N) is 4. The number of carbonyl (C=O) groups excluding carboxylic acids is 1. The Morgan fingerprint density at radius 2 is 1.81 bits per heavy atom. The third kappa shape index (κ3) is 5.66. The molecule has 1 aromatic carbocycles. The van der Waals surface area contributed by atoms with Gasteiger partial charge in [0, 0.05) is 63.3 Å². The number of hydrogen-bond donors (Lipinski definition) is 1. The third-order valence-corrected chi connectivity index (χ3v) is 7.26. The number of carbonyl (C=O) groups is 1. The first kappa shape index (κ1) is 24.6. The first-order chi connectivity index (χ1) is 14.5. The van der Waals surface area contributed by atoms with E-state index in [1.54, 1.807) is 0 Å². The van der Waals surface area contributed by atoms with Crippen molar-refractivity contribution < 1.29 is 4.79 Å².